The number of benzene rings is 1. The van der Waals surface area contributed by atoms with Gasteiger partial charge in [-0.3, -0.25) is 0 Å². The third-order valence-corrected chi connectivity index (χ3v) is 6.85. The Morgan fingerprint density at radius 2 is 1.67 bits per heavy atom. The molecule has 21 heavy (non-hydrogen) atoms. The van der Waals surface area contributed by atoms with Crippen LogP contribution < -0.4 is 0 Å². The lowest BCUT2D eigenvalue weighted by Gasteiger charge is -2.35. The SMILES string of the molecule is [CH2]CC(c1cccc(C=C)c1)[Si](OCC)(OCC)OCC. The molecule has 1 aromatic carbocycles. The first-order valence-electron chi connectivity index (χ1n) is 7.60. The van der Waals surface area contributed by atoms with E-state index in [9.17, 15) is 0 Å². The van der Waals surface area contributed by atoms with Gasteiger partial charge in [0.05, 0.1) is 5.54 Å². The monoisotopic (exact) mass is 307 g/mol. The van der Waals surface area contributed by atoms with Gasteiger partial charge in [-0.1, -0.05) is 43.8 Å². The summed E-state index contributed by atoms with van der Waals surface area (Å²) in [6.07, 6.45) is 2.52. The molecule has 1 atom stereocenters. The fourth-order valence-electron chi connectivity index (χ4n) is 2.48. The van der Waals surface area contributed by atoms with Crippen molar-refractivity contribution in [3.05, 3.63) is 48.9 Å². The van der Waals surface area contributed by atoms with Crippen molar-refractivity contribution in [1.29, 1.82) is 0 Å². The quantitative estimate of drug-likeness (QED) is 0.606. The summed E-state index contributed by atoms with van der Waals surface area (Å²) in [5, 5.41) is 0. The molecule has 0 N–H and O–H groups in total. The molecule has 0 saturated carbocycles. The molecule has 0 spiro atoms. The Hall–Kier alpha value is -0.943. The van der Waals surface area contributed by atoms with Crippen LogP contribution >= 0.6 is 0 Å². The minimum atomic E-state index is -2.80. The fraction of sp³-hybridized carbons (Fsp3) is 0.471. The van der Waals surface area contributed by atoms with Crippen LogP contribution in [0.15, 0.2) is 30.8 Å². The van der Waals surface area contributed by atoms with Crippen molar-refractivity contribution in [3.8, 4) is 0 Å². The summed E-state index contributed by atoms with van der Waals surface area (Å²) in [7, 11) is -2.80. The molecule has 0 aliphatic carbocycles. The van der Waals surface area contributed by atoms with Gasteiger partial charge in [0.25, 0.3) is 0 Å². The van der Waals surface area contributed by atoms with Crippen LogP contribution in [-0.2, 0) is 13.3 Å². The summed E-state index contributed by atoms with van der Waals surface area (Å²) in [6, 6.07) is 8.25. The Morgan fingerprint density at radius 1 is 1.10 bits per heavy atom. The first-order valence-corrected chi connectivity index (χ1v) is 9.41. The van der Waals surface area contributed by atoms with Crippen molar-refractivity contribution in [2.75, 3.05) is 19.8 Å². The normalized spacial score (nSPS) is 13.1. The van der Waals surface area contributed by atoms with E-state index in [1.165, 1.54) is 0 Å². The summed E-state index contributed by atoms with van der Waals surface area (Å²) in [5.74, 6) is 0. The molecule has 4 heteroatoms. The Labute approximate surface area is 130 Å². The Bertz CT molecular complexity index is 417. The largest absolute Gasteiger partial charge is 0.508 e. The van der Waals surface area contributed by atoms with Crippen molar-refractivity contribution >= 4 is 14.9 Å². The topological polar surface area (TPSA) is 27.7 Å². The zero-order valence-electron chi connectivity index (χ0n) is 13.4. The maximum Gasteiger partial charge on any atom is 0.508 e. The maximum absolute atomic E-state index is 6.02. The van der Waals surface area contributed by atoms with Gasteiger partial charge in [-0.2, -0.15) is 0 Å². The van der Waals surface area contributed by atoms with Crippen LogP contribution in [0, 0.1) is 6.92 Å². The molecular weight excluding hydrogens is 280 g/mol. The number of hydrogen-bond donors (Lipinski definition) is 0. The van der Waals surface area contributed by atoms with E-state index in [0.29, 0.717) is 26.2 Å². The first kappa shape index (κ1) is 18.1. The van der Waals surface area contributed by atoms with Crippen molar-refractivity contribution < 1.29 is 13.3 Å². The number of rotatable bonds is 10. The van der Waals surface area contributed by atoms with E-state index >= 15 is 0 Å². The van der Waals surface area contributed by atoms with Crippen LogP contribution in [-0.4, -0.2) is 28.6 Å². The Balaban J connectivity index is 3.23. The smallest absolute Gasteiger partial charge is 0.373 e. The summed E-state index contributed by atoms with van der Waals surface area (Å²) < 4.78 is 18.1. The van der Waals surface area contributed by atoms with Gasteiger partial charge in [0.2, 0.25) is 0 Å². The second kappa shape index (κ2) is 9.15. The van der Waals surface area contributed by atoms with E-state index < -0.39 is 8.80 Å². The van der Waals surface area contributed by atoms with E-state index in [0.717, 1.165) is 11.1 Å². The molecule has 0 amide bonds. The zero-order chi connectivity index (χ0) is 15.7. The third kappa shape index (κ3) is 4.51. The number of hydrogen-bond acceptors (Lipinski definition) is 3. The Morgan fingerprint density at radius 3 is 2.10 bits per heavy atom. The minimum absolute atomic E-state index is 0.0391. The summed E-state index contributed by atoms with van der Waals surface area (Å²) in [5.41, 5.74) is 2.26. The van der Waals surface area contributed by atoms with E-state index in [1.807, 2.05) is 39.0 Å². The molecule has 1 aromatic rings. The van der Waals surface area contributed by atoms with Crippen LogP contribution in [0.3, 0.4) is 0 Å². The third-order valence-electron chi connectivity index (χ3n) is 3.30. The van der Waals surface area contributed by atoms with Crippen molar-refractivity contribution in [3.63, 3.8) is 0 Å². The van der Waals surface area contributed by atoms with E-state index in [4.69, 9.17) is 13.3 Å². The van der Waals surface area contributed by atoms with Crippen LogP contribution in [0.25, 0.3) is 6.08 Å². The van der Waals surface area contributed by atoms with Crippen molar-refractivity contribution in [1.82, 2.24) is 0 Å². The molecule has 0 aliphatic rings. The highest BCUT2D eigenvalue weighted by Crippen LogP contribution is 2.33. The molecule has 117 valence electrons. The van der Waals surface area contributed by atoms with Crippen molar-refractivity contribution in [2.24, 2.45) is 0 Å². The second-order valence-corrected chi connectivity index (χ2v) is 7.39. The maximum atomic E-state index is 6.02. The Kier molecular flexibility index (Phi) is 7.89. The average molecular weight is 307 g/mol. The average Bonchev–Trinajstić information content (AvgIpc) is 2.49. The van der Waals surface area contributed by atoms with Gasteiger partial charge in [0, 0.05) is 19.8 Å². The van der Waals surface area contributed by atoms with Gasteiger partial charge in [-0.15, -0.1) is 0 Å². The fourth-order valence-corrected chi connectivity index (χ4v) is 5.48. The molecule has 3 nitrogen and oxygen atoms in total. The zero-order valence-corrected chi connectivity index (χ0v) is 14.4. The van der Waals surface area contributed by atoms with Crippen LogP contribution in [0.5, 0.6) is 0 Å². The van der Waals surface area contributed by atoms with Gasteiger partial charge in [-0.05, 0) is 38.3 Å². The molecule has 0 aliphatic heterocycles. The first-order chi connectivity index (χ1) is 10.2. The molecule has 0 heterocycles. The van der Waals surface area contributed by atoms with Gasteiger partial charge >= 0.3 is 8.80 Å². The minimum Gasteiger partial charge on any atom is -0.373 e. The van der Waals surface area contributed by atoms with Crippen LogP contribution in [0.2, 0.25) is 0 Å². The molecular formula is C17H27O3Si. The van der Waals surface area contributed by atoms with Crippen molar-refractivity contribution in [2.45, 2.75) is 32.7 Å². The van der Waals surface area contributed by atoms with Gasteiger partial charge in [0.1, 0.15) is 0 Å². The van der Waals surface area contributed by atoms with E-state index in [-0.39, 0.29) is 5.54 Å². The predicted octanol–water partition coefficient (Wildman–Crippen LogP) is 4.22. The standard InChI is InChI=1S/C17H27O3Si/c1-6-15-12-11-13-16(14-15)17(7-2)21(18-8-3,19-9-4)20-10-5/h6,11-14,17H,1-2,7-10H2,3-5H3. The molecule has 1 unspecified atom stereocenters. The van der Waals surface area contributed by atoms with Crippen LogP contribution in [0.1, 0.15) is 43.9 Å². The molecule has 0 bridgehead atoms. The molecule has 1 rings (SSSR count). The van der Waals surface area contributed by atoms with Gasteiger partial charge in [-0.25, -0.2) is 0 Å². The molecule has 0 saturated heterocycles. The lowest BCUT2D eigenvalue weighted by molar-refractivity contribution is 0.0618. The molecule has 1 radical (unpaired) electrons. The summed E-state index contributed by atoms with van der Waals surface area (Å²) in [6.45, 7) is 15.6. The molecule has 0 aromatic heterocycles. The lowest BCUT2D eigenvalue weighted by atomic mass is 10.1. The highest BCUT2D eigenvalue weighted by atomic mass is 28.4. The highest BCUT2D eigenvalue weighted by molar-refractivity contribution is 6.62. The second-order valence-electron chi connectivity index (χ2n) is 4.62. The van der Waals surface area contributed by atoms with Crippen LogP contribution in [0.4, 0.5) is 0 Å². The van der Waals surface area contributed by atoms with Gasteiger partial charge in [0.15, 0.2) is 0 Å². The summed E-state index contributed by atoms with van der Waals surface area (Å²) >= 11 is 0. The molecule has 0 fully saturated rings. The van der Waals surface area contributed by atoms with E-state index in [1.54, 1.807) is 0 Å². The van der Waals surface area contributed by atoms with E-state index in [2.05, 4.69) is 25.6 Å². The van der Waals surface area contributed by atoms with Gasteiger partial charge < -0.3 is 13.3 Å². The highest BCUT2D eigenvalue weighted by Gasteiger charge is 2.49. The lowest BCUT2D eigenvalue weighted by Crippen LogP contribution is -2.52. The predicted molar refractivity (Wildman–Crippen MR) is 89.9 cm³/mol. The summed E-state index contributed by atoms with van der Waals surface area (Å²) in [4.78, 5) is 0.